The molecule has 14 heteroatoms. The number of benzene rings is 2. The quantitative estimate of drug-likeness (QED) is 0.165. The molecule has 2 amide bonds. The first-order chi connectivity index (χ1) is 23.2. The second kappa shape index (κ2) is 14.7. The normalized spacial score (nSPS) is 19.5. The molecule has 2 aliphatic rings. The van der Waals surface area contributed by atoms with Crippen LogP contribution in [0.4, 0.5) is 16.2 Å². The summed E-state index contributed by atoms with van der Waals surface area (Å²) in [5.41, 5.74) is 3.91. The van der Waals surface area contributed by atoms with E-state index in [1.54, 1.807) is 6.07 Å². The van der Waals surface area contributed by atoms with Crippen molar-refractivity contribution < 1.29 is 22.7 Å². The zero-order valence-electron chi connectivity index (χ0n) is 29.7. The Bertz CT molecular complexity index is 1960. The van der Waals surface area contributed by atoms with Crippen molar-refractivity contribution in [3.63, 3.8) is 0 Å². The molecule has 3 N–H and O–H groups in total. The Hall–Kier alpha value is -4.07. The molecule has 6 rings (SSSR count). The summed E-state index contributed by atoms with van der Waals surface area (Å²) >= 11 is 0. The summed E-state index contributed by atoms with van der Waals surface area (Å²) in [7, 11) is -2.16. The van der Waals surface area contributed by atoms with Crippen LogP contribution in [0.2, 0.25) is 0 Å². The number of urea groups is 1. The Kier molecular flexibility index (Phi) is 10.9. The van der Waals surface area contributed by atoms with Crippen molar-refractivity contribution >= 4 is 45.5 Å². The Labute approximate surface area is 300 Å². The number of amides is 2. The smallest absolute Gasteiger partial charge is 0.319 e. The highest BCUT2D eigenvalue weighted by molar-refractivity contribution is 7.92. The lowest BCUT2D eigenvalue weighted by atomic mass is 9.85. The summed E-state index contributed by atoms with van der Waals surface area (Å²) < 4.78 is 41.1. The van der Waals surface area contributed by atoms with Gasteiger partial charge in [0, 0.05) is 6.04 Å². The summed E-state index contributed by atoms with van der Waals surface area (Å²) in [5, 5.41) is 15.1. The minimum Gasteiger partial charge on any atom is -0.492 e. The average molecular weight is 726 g/mol. The van der Waals surface area contributed by atoms with Gasteiger partial charge < -0.3 is 20.1 Å². The minimum absolute atomic E-state index is 0. The van der Waals surface area contributed by atoms with E-state index in [2.05, 4.69) is 48.7 Å². The van der Waals surface area contributed by atoms with E-state index in [1.807, 2.05) is 69.4 Å². The first kappa shape index (κ1) is 37.2. The van der Waals surface area contributed by atoms with Crippen LogP contribution in [-0.4, -0.2) is 59.9 Å². The van der Waals surface area contributed by atoms with Crippen molar-refractivity contribution in [1.82, 2.24) is 24.8 Å². The van der Waals surface area contributed by atoms with Crippen LogP contribution in [0.5, 0.6) is 11.5 Å². The van der Waals surface area contributed by atoms with Gasteiger partial charge >= 0.3 is 6.03 Å². The number of methoxy groups -OCH3 is 1. The standard InChI is InChI=1S/C36H47N7O5S.ClH/c1-22(2)42-18-10-13-30(42)34-40-39-32-17-14-24(21-43(32)34)48-31-16-15-27(25-11-8-9-12-26(25)31)37-35(44)38-28-19-23(36(3,4)5)20-29(33(28)47-6)41-49(7,45)46;/h8-9,11-12,14,17,19-22,27,30-31,41H,10,13,15-16,18H2,1-7H3,(H2,37,38,44);1H/t27-,30-,31+;/m0./s1. The number of carbonyl (C=O) groups excluding carboxylic acids is 1. The van der Waals surface area contributed by atoms with Gasteiger partial charge in [-0.2, -0.15) is 0 Å². The van der Waals surface area contributed by atoms with Crippen molar-refractivity contribution in [1.29, 1.82) is 0 Å². The molecular formula is C36H48ClN7O5S. The molecule has 3 atom stereocenters. The molecule has 1 saturated heterocycles. The number of fused-ring (bicyclic) bond motifs is 2. The van der Waals surface area contributed by atoms with E-state index in [0.717, 1.165) is 59.6 Å². The number of sulfonamides is 1. The van der Waals surface area contributed by atoms with Crippen LogP contribution in [0.25, 0.3) is 5.65 Å². The fourth-order valence-corrected chi connectivity index (χ4v) is 7.58. The van der Waals surface area contributed by atoms with E-state index in [9.17, 15) is 13.2 Å². The third kappa shape index (κ3) is 7.95. The predicted molar refractivity (Wildman–Crippen MR) is 198 cm³/mol. The predicted octanol–water partition coefficient (Wildman–Crippen LogP) is 7.15. The monoisotopic (exact) mass is 725 g/mol. The molecule has 50 heavy (non-hydrogen) atoms. The van der Waals surface area contributed by atoms with Gasteiger partial charge in [0.15, 0.2) is 17.2 Å². The van der Waals surface area contributed by atoms with Crippen LogP contribution >= 0.6 is 12.4 Å². The van der Waals surface area contributed by atoms with Gasteiger partial charge in [0.05, 0.1) is 43.0 Å². The van der Waals surface area contributed by atoms with E-state index < -0.39 is 16.1 Å². The second-order valence-corrected chi connectivity index (χ2v) is 16.1. The summed E-state index contributed by atoms with van der Waals surface area (Å²) in [6.07, 6.45) is 6.39. The van der Waals surface area contributed by atoms with Crippen LogP contribution in [0.15, 0.2) is 54.7 Å². The summed E-state index contributed by atoms with van der Waals surface area (Å²) in [6, 6.07) is 15.4. The van der Waals surface area contributed by atoms with Crippen LogP contribution in [0.3, 0.4) is 0 Å². The Morgan fingerprint density at radius 1 is 1.00 bits per heavy atom. The number of hydrogen-bond donors (Lipinski definition) is 3. The Balaban J connectivity index is 0.00000486. The lowest BCUT2D eigenvalue weighted by Gasteiger charge is -2.32. The van der Waals surface area contributed by atoms with Crippen LogP contribution in [0.1, 0.15) is 101 Å². The highest BCUT2D eigenvalue weighted by Gasteiger charge is 2.33. The topological polar surface area (TPSA) is 139 Å². The maximum Gasteiger partial charge on any atom is 0.319 e. The molecule has 3 heterocycles. The molecule has 2 aromatic heterocycles. The van der Waals surface area contributed by atoms with E-state index in [4.69, 9.17) is 9.47 Å². The lowest BCUT2D eigenvalue weighted by molar-refractivity contribution is 0.171. The second-order valence-electron chi connectivity index (χ2n) is 14.3. The maximum absolute atomic E-state index is 13.5. The molecular weight excluding hydrogens is 678 g/mol. The maximum atomic E-state index is 13.5. The number of pyridine rings is 1. The Morgan fingerprint density at radius 3 is 2.40 bits per heavy atom. The molecule has 12 nitrogen and oxygen atoms in total. The number of rotatable bonds is 9. The number of carbonyl (C=O) groups is 1. The molecule has 270 valence electrons. The van der Waals surface area contributed by atoms with Gasteiger partial charge in [-0.05, 0) is 92.4 Å². The third-order valence-corrected chi connectivity index (χ3v) is 9.97. The lowest BCUT2D eigenvalue weighted by Crippen LogP contribution is -2.35. The van der Waals surface area contributed by atoms with E-state index in [-0.39, 0.29) is 47.4 Å². The van der Waals surface area contributed by atoms with Gasteiger partial charge in [0.2, 0.25) is 10.0 Å². The first-order valence-corrected chi connectivity index (χ1v) is 18.7. The number of anilines is 2. The van der Waals surface area contributed by atoms with Gasteiger partial charge in [0.25, 0.3) is 0 Å². The number of hydrogen-bond acceptors (Lipinski definition) is 8. The van der Waals surface area contributed by atoms with Crippen LogP contribution in [-0.2, 0) is 15.4 Å². The van der Waals surface area contributed by atoms with E-state index in [1.165, 1.54) is 7.11 Å². The molecule has 0 saturated carbocycles. The number of likely N-dealkylation sites (tertiary alicyclic amines) is 1. The van der Waals surface area contributed by atoms with Crippen molar-refractivity contribution in [2.24, 2.45) is 0 Å². The zero-order chi connectivity index (χ0) is 35.1. The SMILES string of the molecule is COc1c(NC(=O)N[C@H]2CC[C@@H](Oc3ccc4nnc([C@@H]5CCCN5C(C)C)n4c3)c3ccccc32)cc(C(C)(C)C)cc1NS(C)(=O)=O.Cl. The molecule has 0 radical (unpaired) electrons. The molecule has 4 aromatic rings. The third-order valence-electron chi connectivity index (χ3n) is 9.38. The molecule has 1 aliphatic heterocycles. The van der Waals surface area contributed by atoms with Gasteiger partial charge in [-0.15, -0.1) is 22.6 Å². The highest BCUT2D eigenvalue weighted by atomic mass is 35.5. The number of nitrogens with one attached hydrogen (secondary N) is 3. The van der Waals surface area contributed by atoms with Crippen LogP contribution in [0, 0.1) is 0 Å². The zero-order valence-corrected chi connectivity index (χ0v) is 31.3. The highest BCUT2D eigenvalue weighted by Crippen LogP contribution is 2.41. The Morgan fingerprint density at radius 2 is 1.72 bits per heavy atom. The van der Waals surface area contributed by atoms with Crippen molar-refractivity contribution in [3.05, 3.63) is 77.2 Å². The molecule has 0 spiro atoms. The largest absolute Gasteiger partial charge is 0.492 e. The van der Waals surface area contributed by atoms with Crippen LogP contribution < -0.4 is 24.8 Å². The minimum atomic E-state index is -3.60. The molecule has 1 aliphatic carbocycles. The summed E-state index contributed by atoms with van der Waals surface area (Å²) in [5.74, 6) is 1.90. The summed E-state index contributed by atoms with van der Waals surface area (Å²) in [6.45, 7) is 11.5. The van der Waals surface area contributed by atoms with E-state index >= 15 is 0 Å². The number of ether oxygens (including phenoxy) is 2. The number of halogens is 1. The molecule has 2 aromatic carbocycles. The van der Waals surface area contributed by atoms with Gasteiger partial charge in [0.1, 0.15) is 11.9 Å². The number of nitrogens with zero attached hydrogens (tertiary/aromatic N) is 4. The van der Waals surface area contributed by atoms with Crippen molar-refractivity contribution in [2.75, 3.05) is 29.9 Å². The first-order valence-electron chi connectivity index (χ1n) is 16.9. The fourth-order valence-electron chi connectivity index (χ4n) is 7.02. The molecule has 1 fully saturated rings. The van der Waals surface area contributed by atoms with Crippen molar-refractivity contribution in [2.45, 2.75) is 89.9 Å². The van der Waals surface area contributed by atoms with Gasteiger partial charge in [-0.25, -0.2) is 13.2 Å². The van der Waals surface area contributed by atoms with Crippen molar-refractivity contribution in [3.8, 4) is 11.5 Å². The average Bonchev–Trinajstić information content (AvgIpc) is 3.68. The van der Waals surface area contributed by atoms with Gasteiger partial charge in [-0.3, -0.25) is 14.0 Å². The number of aromatic nitrogens is 3. The molecule has 0 unspecified atom stereocenters. The van der Waals surface area contributed by atoms with Gasteiger partial charge in [-0.1, -0.05) is 45.0 Å². The summed E-state index contributed by atoms with van der Waals surface area (Å²) in [4.78, 5) is 16.0. The van der Waals surface area contributed by atoms with E-state index in [0.29, 0.717) is 24.6 Å². The molecule has 0 bridgehead atoms. The fraction of sp³-hybridized carbons (Fsp3) is 0.472.